The number of aliphatic imine (C=N–C) groups is 1. The highest BCUT2D eigenvalue weighted by Gasteiger charge is 2.12. The van der Waals surface area contributed by atoms with Gasteiger partial charge in [-0.25, -0.2) is 0 Å². The maximum atomic E-state index is 12.2. The Balaban J connectivity index is 0.00000341. The number of guanidine groups is 1. The van der Waals surface area contributed by atoms with Crippen LogP contribution in [-0.2, 0) is 0 Å². The van der Waals surface area contributed by atoms with E-state index in [1.807, 2.05) is 37.3 Å². The molecule has 0 aliphatic carbocycles. The van der Waals surface area contributed by atoms with Crippen molar-refractivity contribution in [1.82, 2.24) is 16.0 Å². The Morgan fingerprint density at radius 1 is 1.10 bits per heavy atom. The molecule has 1 atom stereocenters. The van der Waals surface area contributed by atoms with Crippen LogP contribution in [0, 0.1) is 0 Å². The summed E-state index contributed by atoms with van der Waals surface area (Å²) in [7, 11) is 0. The van der Waals surface area contributed by atoms with Crippen LogP contribution >= 0.6 is 46.9 Å². The van der Waals surface area contributed by atoms with Crippen LogP contribution in [0.4, 0.5) is 0 Å². The highest BCUT2D eigenvalue weighted by atomic mass is 127. The van der Waals surface area contributed by atoms with Gasteiger partial charge < -0.3 is 21.1 Å². The molecule has 6 nitrogen and oxygen atoms in total. The minimum Gasteiger partial charge on any atom is -0.386 e. The van der Waals surface area contributed by atoms with E-state index in [-0.39, 0.29) is 36.4 Å². The van der Waals surface area contributed by atoms with Crippen molar-refractivity contribution in [2.24, 2.45) is 4.99 Å². The van der Waals surface area contributed by atoms with Crippen LogP contribution in [0.25, 0.3) is 10.1 Å². The maximum absolute atomic E-state index is 12.2. The summed E-state index contributed by atoms with van der Waals surface area (Å²) in [5.74, 6) is 0.370. The number of hydrogen-bond acceptors (Lipinski definition) is 4. The minimum atomic E-state index is -0.669. The molecule has 0 aliphatic heterocycles. The normalized spacial score (nSPS) is 12.2. The lowest BCUT2D eigenvalue weighted by Crippen LogP contribution is -2.41. The third kappa shape index (κ3) is 7.34. The van der Waals surface area contributed by atoms with Crippen LogP contribution in [0.15, 0.2) is 59.6 Å². The van der Waals surface area contributed by atoms with Gasteiger partial charge in [0.05, 0.1) is 17.1 Å². The first-order valence-corrected chi connectivity index (χ1v) is 11.0. The summed E-state index contributed by atoms with van der Waals surface area (Å²) in [6.07, 6.45) is -0.669. The number of hydrogen-bond donors (Lipinski definition) is 4. The van der Waals surface area contributed by atoms with Crippen LogP contribution in [0.2, 0.25) is 5.02 Å². The molecule has 1 aromatic heterocycles. The summed E-state index contributed by atoms with van der Waals surface area (Å²) in [4.78, 5) is 17.5. The molecule has 166 valence electrons. The molecule has 0 spiro atoms. The second-order valence-corrected chi connectivity index (χ2v) is 8.11. The summed E-state index contributed by atoms with van der Waals surface area (Å²) >= 11 is 7.62. The second-order valence-electron chi connectivity index (χ2n) is 6.58. The topological polar surface area (TPSA) is 85.8 Å². The maximum Gasteiger partial charge on any atom is 0.252 e. The van der Waals surface area contributed by atoms with E-state index in [0.29, 0.717) is 36.2 Å². The molecule has 0 aliphatic rings. The molecule has 1 amide bonds. The van der Waals surface area contributed by atoms with Crippen molar-refractivity contribution >= 4 is 68.9 Å². The van der Waals surface area contributed by atoms with Gasteiger partial charge in [-0.1, -0.05) is 41.9 Å². The first kappa shape index (κ1) is 25.4. The van der Waals surface area contributed by atoms with Crippen molar-refractivity contribution < 1.29 is 9.90 Å². The van der Waals surface area contributed by atoms with Crippen molar-refractivity contribution in [3.63, 3.8) is 0 Å². The number of amides is 1. The van der Waals surface area contributed by atoms with E-state index in [9.17, 15) is 9.90 Å². The quantitative estimate of drug-likeness (QED) is 0.141. The highest BCUT2D eigenvalue weighted by molar-refractivity contribution is 14.0. The minimum absolute atomic E-state index is 0. The molecule has 0 saturated heterocycles. The lowest BCUT2D eigenvalue weighted by molar-refractivity contribution is 0.0954. The van der Waals surface area contributed by atoms with Crippen molar-refractivity contribution in [2.45, 2.75) is 13.0 Å². The van der Waals surface area contributed by atoms with Gasteiger partial charge >= 0.3 is 0 Å². The number of halogens is 2. The van der Waals surface area contributed by atoms with E-state index in [2.05, 4.69) is 20.9 Å². The Labute approximate surface area is 208 Å². The predicted octanol–water partition coefficient (Wildman–Crippen LogP) is 4.19. The molecule has 4 N–H and O–H groups in total. The largest absolute Gasteiger partial charge is 0.386 e. The van der Waals surface area contributed by atoms with Gasteiger partial charge in [-0.3, -0.25) is 9.79 Å². The van der Waals surface area contributed by atoms with Gasteiger partial charge in [0.25, 0.3) is 5.91 Å². The van der Waals surface area contributed by atoms with Crippen LogP contribution < -0.4 is 16.0 Å². The number of nitrogens with one attached hydrogen (secondary N) is 3. The molecule has 31 heavy (non-hydrogen) atoms. The Bertz CT molecular complexity index is 994. The smallest absolute Gasteiger partial charge is 0.252 e. The van der Waals surface area contributed by atoms with E-state index >= 15 is 0 Å². The van der Waals surface area contributed by atoms with E-state index in [4.69, 9.17) is 11.6 Å². The van der Waals surface area contributed by atoms with Crippen molar-refractivity contribution in [2.75, 3.05) is 26.2 Å². The SMILES string of the molecule is CCNC(=NCC(O)c1cc2ccccc2s1)NCCNC(=O)c1ccccc1Cl.I. The molecule has 1 unspecified atom stereocenters. The third-order valence-electron chi connectivity index (χ3n) is 4.36. The zero-order valence-electron chi connectivity index (χ0n) is 17.1. The van der Waals surface area contributed by atoms with Gasteiger partial charge in [0.2, 0.25) is 0 Å². The fraction of sp³-hybridized carbons (Fsp3) is 0.273. The van der Waals surface area contributed by atoms with Gasteiger partial charge in [0, 0.05) is 29.2 Å². The molecule has 2 aromatic carbocycles. The number of thiophene rings is 1. The monoisotopic (exact) mass is 572 g/mol. The van der Waals surface area contributed by atoms with Crippen LogP contribution in [-0.4, -0.2) is 43.2 Å². The average molecular weight is 573 g/mol. The zero-order chi connectivity index (χ0) is 21.3. The fourth-order valence-electron chi connectivity index (χ4n) is 2.87. The van der Waals surface area contributed by atoms with Crippen molar-refractivity contribution in [1.29, 1.82) is 0 Å². The summed E-state index contributed by atoms with van der Waals surface area (Å²) in [6.45, 7) is 3.80. The first-order valence-electron chi connectivity index (χ1n) is 9.80. The molecule has 0 fully saturated rings. The number of benzene rings is 2. The standard InChI is InChI=1S/C22H25ClN4O2S.HI/c1-2-24-22(26-12-11-25-21(29)16-8-4-5-9-17(16)23)27-14-18(28)20-13-15-7-3-6-10-19(15)30-20;/h3-10,13,18,28H,2,11-12,14H2,1H3,(H,25,29)(H2,24,26,27);1H. The average Bonchev–Trinajstić information content (AvgIpc) is 3.19. The summed E-state index contributed by atoms with van der Waals surface area (Å²) in [5.41, 5.74) is 0.450. The first-order chi connectivity index (χ1) is 14.6. The Morgan fingerprint density at radius 2 is 1.81 bits per heavy atom. The molecule has 9 heteroatoms. The number of rotatable bonds is 8. The molecular formula is C22H26ClIN4O2S. The van der Waals surface area contributed by atoms with E-state index < -0.39 is 6.10 Å². The van der Waals surface area contributed by atoms with Gasteiger partial charge in [-0.2, -0.15) is 0 Å². The number of aliphatic hydroxyl groups excluding tert-OH is 1. The van der Waals surface area contributed by atoms with E-state index in [1.165, 1.54) is 0 Å². The zero-order valence-corrected chi connectivity index (χ0v) is 21.0. The van der Waals surface area contributed by atoms with Gasteiger partial charge in [-0.05, 0) is 36.6 Å². The van der Waals surface area contributed by atoms with Crippen LogP contribution in [0.1, 0.15) is 28.3 Å². The molecule has 3 aromatic rings. The molecule has 0 saturated carbocycles. The molecular weight excluding hydrogens is 547 g/mol. The number of nitrogens with zero attached hydrogens (tertiary/aromatic N) is 1. The molecule has 1 heterocycles. The number of aliphatic hydroxyl groups is 1. The van der Waals surface area contributed by atoms with Crippen molar-refractivity contribution in [3.8, 4) is 0 Å². The van der Waals surface area contributed by atoms with Gasteiger partial charge in [0.15, 0.2) is 5.96 Å². The summed E-state index contributed by atoms with van der Waals surface area (Å²) in [6, 6.07) is 17.0. The summed E-state index contributed by atoms with van der Waals surface area (Å²) in [5, 5.41) is 21.2. The molecule has 0 bridgehead atoms. The molecule has 3 rings (SSSR count). The lowest BCUT2D eigenvalue weighted by Gasteiger charge is -2.13. The van der Waals surface area contributed by atoms with Gasteiger partial charge in [-0.15, -0.1) is 35.3 Å². The van der Waals surface area contributed by atoms with Crippen LogP contribution in [0.3, 0.4) is 0 Å². The third-order valence-corrected chi connectivity index (χ3v) is 5.91. The highest BCUT2D eigenvalue weighted by Crippen LogP contribution is 2.29. The number of carbonyl (C=O) groups excluding carboxylic acids is 1. The van der Waals surface area contributed by atoms with Crippen molar-refractivity contribution in [3.05, 3.63) is 70.1 Å². The summed E-state index contributed by atoms with van der Waals surface area (Å²) < 4.78 is 1.15. The predicted molar refractivity (Wildman–Crippen MR) is 140 cm³/mol. The van der Waals surface area contributed by atoms with Crippen LogP contribution in [0.5, 0.6) is 0 Å². The Morgan fingerprint density at radius 3 is 2.55 bits per heavy atom. The van der Waals surface area contributed by atoms with Gasteiger partial charge in [0.1, 0.15) is 6.10 Å². The number of fused-ring (bicyclic) bond motifs is 1. The number of carbonyl (C=O) groups is 1. The Hall–Kier alpha value is -1.88. The Kier molecular flexibility index (Phi) is 10.5. The van der Waals surface area contributed by atoms with E-state index in [0.717, 1.165) is 15.0 Å². The fourth-order valence-corrected chi connectivity index (χ4v) is 4.14. The van der Waals surface area contributed by atoms with E-state index in [1.54, 1.807) is 35.6 Å². The second kappa shape index (κ2) is 12.8. The lowest BCUT2D eigenvalue weighted by atomic mass is 10.2. The molecule has 0 radical (unpaired) electrons.